The maximum atomic E-state index is 12.2. The molecule has 4 aromatic rings. The van der Waals surface area contributed by atoms with E-state index in [2.05, 4.69) is 35.9 Å². The molecule has 0 heterocycles. The summed E-state index contributed by atoms with van der Waals surface area (Å²) in [6.45, 7) is 2.57. The third-order valence-electron chi connectivity index (χ3n) is 5.39. The maximum Gasteiger partial charge on any atom is 0.411 e. The fourth-order valence-electron chi connectivity index (χ4n) is 3.48. The highest BCUT2D eigenvalue weighted by atomic mass is 16.6. The lowest BCUT2D eigenvalue weighted by molar-refractivity contribution is 0.0233. The first kappa shape index (κ1) is 23.0. The standard InChI is InChI=1S/C28H26N2O4/c1-2-20-8-10-25-17-22(9-11-24(25)16-20)18-33-28(32)29-26-14-12-23(13-15-26)27(31)30-34-19-21-6-4-3-5-7-21/h3-17H,2,18-19H2,1H3,(H,29,32)(H,30,31). The molecule has 0 aliphatic rings. The molecule has 2 N–H and O–H groups in total. The molecule has 34 heavy (non-hydrogen) atoms. The zero-order chi connectivity index (χ0) is 23.8. The van der Waals surface area contributed by atoms with Gasteiger partial charge in [0.2, 0.25) is 0 Å². The van der Waals surface area contributed by atoms with Crippen molar-refractivity contribution < 1.29 is 19.2 Å². The van der Waals surface area contributed by atoms with Gasteiger partial charge < -0.3 is 4.74 Å². The molecule has 6 nitrogen and oxygen atoms in total. The minimum absolute atomic E-state index is 0.163. The Kier molecular flexibility index (Phi) is 7.53. The third kappa shape index (κ3) is 6.21. The Balaban J connectivity index is 1.24. The van der Waals surface area contributed by atoms with Gasteiger partial charge in [0.15, 0.2) is 0 Å². The van der Waals surface area contributed by atoms with Gasteiger partial charge in [-0.05, 0) is 64.2 Å². The zero-order valence-corrected chi connectivity index (χ0v) is 18.9. The van der Waals surface area contributed by atoms with Gasteiger partial charge in [0, 0.05) is 11.3 Å². The molecule has 0 spiro atoms. The van der Waals surface area contributed by atoms with Gasteiger partial charge in [0.25, 0.3) is 5.91 Å². The number of rotatable bonds is 8. The number of carbonyl (C=O) groups excluding carboxylic acids is 2. The lowest BCUT2D eigenvalue weighted by atomic mass is 10.0. The number of anilines is 1. The van der Waals surface area contributed by atoms with Crippen LogP contribution in [0.3, 0.4) is 0 Å². The average Bonchev–Trinajstić information content (AvgIpc) is 2.88. The number of hydrogen-bond acceptors (Lipinski definition) is 4. The molecule has 0 saturated heterocycles. The number of hydroxylamine groups is 1. The number of hydrogen-bond donors (Lipinski definition) is 2. The summed E-state index contributed by atoms with van der Waals surface area (Å²) in [5.74, 6) is -0.368. The molecule has 2 amide bonds. The van der Waals surface area contributed by atoms with Crippen molar-refractivity contribution >= 4 is 28.5 Å². The smallest absolute Gasteiger partial charge is 0.411 e. The Hall–Kier alpha value is -4.16. The number of ether oxygens (including phenoxy) is 1. The van der Waals surface area contributed by atoms with Crippen LogP contribution in [0, 0.1) is 0 Å². The minimum Gasteiger partial charge on any atom is -0.444 e. The summed E-state index contributed by atoms with van der Waals surface area (Å²) in [7, 11) is 0. The summed E-state index contributed by atoms with van der Waals surface area (Å²) in [5, 5.41) is 4.95. The molecule has 6 heteroatoms. The van der Waals surface area contributed by atoms with E-state index < -0.39 is 6.09 Å². The molecule has 0 saturated carbocycles. The van der Waals surface area contributed by atoms with Gasteiger partial charge >= 0.3 is 6.09 Å². The second-order valence-corrected chi connectivity index (χ2v) is 7.85. The first-order chi connectivity index (χ1) is 16.6. The molecule has 0 aliphatic heterocycles. The molecule has 0 fully saturated rings. The number of nitrogens with one attached hydrogen (secondary N) is 2. The maximum absolute atomic E-state index is 12.2. The molecule has 4 rings (SSSR count). The van der Waals surface area contributed by atoms with Gasteiger partial charge in [-0.25, -0.2) is 10.3 Å². The summed E-state index contributed by atoms with van der Waals surface area (Å²) in [6, 6.07) is 28.4. The van der Waals surface area contributed by atoms with Gasteiger partial charge in [-0.2, -0.15) is 0 Å². The lowest BCUT2D eigenvalue weighted by Crippen LogP contribution is -2.23. The third-order valence-corrected chi connectivity index (χ3v) is 5.39. The number of benzene rings is 4. The van der Waals surface area contributed by atoms with E-state index in [0.29, 0.717) is 11.3 Å². The minimum atomic E-state index is -0.565. The predicted octanol–water partition coefficient (Wildman–Crippen LogP) is 6.01. The first-order valence-corrected chi connectivity index (χ1v) is 11.1. The topological polar surface area (TPSA) is 76.7 Å². The van der Waals surface area contributed by atoms with E-state index in [4.69, 9.17) is 9.57 Å². The molecule has 0 aliphatic carbocycles. The van der Waals surface area contributed by atoms with Gasteiger partial charge in [-0.3, -0.25) is 14.9 Å². The Morgan fingerprint density at radius 2 is 1.41 bits per heavy atom. The van der Waals surface area contributed by atoms with Crippen LogP contribution in [0.25, 0.3) is 10.8 Å². The Morgan fingerprint density at radius 1 is 0.735 bits per heavy atom. The first-order valence-electron chi connectivity index (χ1n) is 11.1. The Morgan fingerprint density at radius 3 is 2.12 bits per heavy atom. The van der Waals surface area contributed by atoms with Gasteiger partial charge in [-0.15, -0.1) is 0 Å². The van der Waals surface area contributed by atoms with Gasteiger partial charge in [0.1, 0.15) is 6.61 Å². The number of aryl methyl sites for hydroxylation is 1. The van der Waals surface area contributed by atoms with Crippen LogP contribution in [-0.2, 0) is 29.2 Å². The molecule has 0 aromatic heterocycles. The van der Waals surface area contributed by atoms with E-state index >= 15 is 0 Å². The summed E-state index contributed by atoms with van der Waals surface area (Å²) in [4.78, 5) is 29.7. The highest BCUT2D eigenvalue weighted by Gasteiger charge is 2.08. The fourth-order valence-corrected chi connectivity index (χ4v) is 3.48. The van der Waals surface area contributed by atoms with Crippen LogP contribution in [-0.4, -0.2) is 12.0 Å². The molecule has 0 atom stereocenters. The van der Waals surface area contributed by atoms with E-state index in [1.54, 1.807) is 24.3 Å². The molecule has 0 radical (unpaired) electrons. The van der Waals surface area contributed by atoms with E-state index in [1.165, 1.54) is 10.9 Å². The van der Waals surface area contributed by atoms with Crippen molar-refractivity contribution in [2.24, 2.45) is 0 Å². The largest absolute Gasteiger partial charge is 0.444 e. The highest BCUT2D eigenvalue weighted by molar-refractivity contribution is 5.94. The van der Waals surface area contributed by atoms with Crippen molar-refractivity contribution in [2.75, 3.05) is 5.32 Å². The second-order valence-electron chi connectivity index (χ2n) is 7.85. The SMILES string of the molecule is CCc1ccc2cc(COC(=O)Nc3ccc(C(=O)NOCc4ccccc4)cc3)ccc2c1. The Labute approximate surface area is 198 Å². The number of fused-ring (bicyclic) bond motifs is 1. The summed E-state index contributed by atoms with van der Waals surface area (Å²) in [5.41, 5.74) is 6.51. The molecule has 172 valence electrons. The van der Waals surface area contributed by atoms with Crippen LogP contribution in [0.2, 0.25) is 0 Å². The van der Waals surface area contributed by atoms with E-state index in [0.717, 1.165) is 22.9 Å². The average molecular weight is 455 g/mol. The predicted molar refractivity (Wildman–Crippen MR) is 132 cm³/mol. The summed E-state index contributed by atoms with van der Waals surface area (Å²) < 4.78 is 5.35. The molecule has 0 bridgehead atoms. The summed E-state index contributed by atoms with van der Waals surface area (Å²) in [6.07, 6.45) is 0.430. The van der Waals surface area contributed by atoms with Crippen molar-refractivity contribution in [1.29, 1.82) is 0 Å². The summed E-state index contributed by atoms with van der Waals surface area (Å²) >= 11 is 0. The van der Waals surface area contributed by atoms with Crippen molar-refractivity contribution in [1.82, 2.24) is 5.48 Å². The Bertz CT molecular complexity index is 1270. The monoisotopic (exact) mass is 454 g/mol. The number of amides is 2. The molecular weight excluding hydrogens is 428 g/mol. The second kappa shape index (κ2) is 11.1. The van der Waals surface area contributed by atoms with E-state index in [-0.39, 0.29) is 19.1 Å². The van der Waals surface area contributed by atoms with E-state index in [9.17, 15) is 9.59 Å². The van der Waals surface area contributed by atoms with Crippen LogP contribution in [0.5, 0.6) is 0 Å². The zero-order valence-electron chi connectivity index (χ0n) is 18.9. The molecule has 0 unspecified atom stereocenters. The van der Waals surface area contributed by atoms with Crippen LogP contribution < -0.4 is 10.8 Å². The normalized spacial score (nSPS) is 10.6. The molecular formula is C28H26N2O4. The van der Waals surface area contributed by atoms with Gasteiger partial charge in [-0.1, -0.05) is 67.6 Å². The fraction of sp³-hybridized carbons (Fsp3) is 0.143. The van der Waals surface area contributed by atoms with Gasteiger partial charge in [0.05, 0.1) is 6.61 Å². The van der Waals surface area contributed by atoms with Crippen molar-refractivity contribution in [3.8, 4) is 0 Å². The van der Waals surface area contributed by atoms with Crippen LogP contribution in [0.4, 0.5) is 10.5 Å². The number of carbonyl (C=O) groups is 2. The van der Waals surface area contributed by atoms with Crippen LogP contribution in [0.15, 0.2) is 91.0 Å². The lowest BCUT2D eigenvalue weighted by Gasteiger charge is -2.09. The molecule has 4 aromatic carbocycles. The van der Waals surface area contributed by atoms with Crippen LogP contribution in [0.1, 0.15) is 34.0 Å². The quantitative estimate of drug-likeness (QED) is 0.320. The highest BCUT2D eigenvalue weighted by Crippen LogP contribution is 2.19. The van der Waals surface area contributed by atoms with Crippen LogP contribution >= 0.6 is 0 Å². The van der Waals surface area contributed by atoms with Crippen molar-refractivity contribution in [3.63, 3.8) is 0 Å². The van der Waals surface area contributed by atoms with Crippen molar-refractivity contribution in [3.05, 3.63) is 113 Å². The van der Waals surface area contributed by atoms with E-state index in [1.807, 2.05) is 48.5 Å². The van der Waals surface area contributed by atoms with Crippen molar-refractivity contribution in [2.45, 2.75) is 26.6 Å².